The third-order valence-electron chi connectivity index (χ3n) is 4.69. The fourth-order valence-corrected chi connectivity index (χ4v) is 3.70. The minimum absolute atomic E-state index is 0.136. The van der Waals surface area contributed by atoms with Crippen LogP contribution < -0.4 is 5.32 Å². The van der Waals surface area contributed by atoms with E-state index in [1.165, 1.54) is 5.01 Å². The summed E-state index contributed by atoms with van der Waals surface area (Å²) in [6, 6.07) is 12.8. The van der Waals surface area contributed by atoms with E-state index in [4.69, 9.17) is 16.7 Å². The topological polar surface area (TPSA) is 102 Å². The second kappa shape index (κ2) is 12.0. The van der Waals surface area contributed by atoms with Crippen LogP contribution in [0, 0.1) is 0 Å². The van der Waals surface area contributed by atoms with Crippen molar-refractivity contribution in [2.24, 2.45) is 5.10 Å². The van der Waals surface area contributed by atoms with Crippen molar-refractivity contribution >= 4 is 40.6 Å². The van der Waals surface area contributed by atoms with E-state index >= 15 is 0 Å². The molecule has 1 aliphatic rings. The molecule has 0 bridgehead atoms. The molecule has 0 spiro atoms. The summed E-state index contributed by atoms with van der Waals surface area (Å²) in [5, 5.41) is 28.9. The number of amides is 1. The minimum Gasteiger partial charge on any atom is -0.505 e. The molecule has 2 aromatic carbocycles. The third kappa shape index (κ3) is 5.85. The Hall–Kier alpha value is -3.58. The molecule has 0 aliphatic carbocycles. The lowest BCUT2D eigenvalue weighted by Crippen LogP contribution is -2.37. The monoisotopic (exact) mass is 483 g/mol. The van der Waals surface area contributed by atoms with Gasteiger partial charge >= 0.3 is 5.97 Å². The first-order valence-electron chi connectivity index (χ1n) is 11.1. The molecule has 2 aromatic rings. The molecule has 3 N–H and O–H groups in total. The molecule has 0 saturated heterocycles. The molecule has 1 heterocycles. The fraction of sp³-hybridized carbons (Fsp3) is 0.269. The van der Waals surface area contributed by atoms with Gasteiger partial charge in [0.15, 0.2) is 11.5 Å². The molecule has 180 valence electrons. The summed E-state index contributed by atoms with van der Waals surface area (Å²) >= 11 is 6.22. The Bertz CT molecular complexity index is 1160. The van der Waals surface area contributed by atoms with E-state index in [9.17, 15) is 14.7 Å². The second-order valence-corrected chi connectivity index (χ2v) is 7.81. The summed E-state index contributed by atoms with van der Waals surface area (Å²) < 4.78 is 0. The lowest BCUT2D eigenvalue weighted by atomic mass is 9.88. The molecule has 0 saturated carbocycles. The van der Waals surface area contributed by atoms with Crippen molar-refractivity contribution in [3.63, 3.8) is 0 Å². The van der Waals surface area contributed by atoms with Crippen molar-refractivity contribution in [3.8, 4) is 11.1 Å². The minimum atomic E-state index is -1.19. The highest BCUT2D eigenvalue weighted by atomic mass is 35.5. The summed E-state index contributed by atoms with van der Waals surface area (Å²) in [6.07, 6.45) is 2.55. The van der Waals surface area contributed by atoms with E-state index < -0.39 is 18.4 Å². The summed E-state index contributed by atoms with van der Waals surface area (Å²) in [7, 11) is 0. The Morgan fingerprint density at radius 3 is 2.35 bits per heavy atom. The average Bonchev–Trinajstić information content (AvgIpc) is 2.81. The molecule has 7 nitrogen and oxygen atoms in total. The zero-order valence-corrected chi connectivity index (χ0v) is 20.8. The van der Waals surface area contributed by atoms with Crippen LogP contribution in [0.25, 0.3) is 22.6 Å². The van der Waals surface area contributed by atoms with Crippen molar-refractivity contribution in [1.82, 2.24) is 10.3 Å². The van der Waals surface area contributed by atoms with Gasteiger partial charge in [0.1, 0.15) is 6.54 Å². The Balaban J connectivity index is 0.00000199. The number of carboxylic acids is 1. The van der Waals surface area contributed by atoms with E-state index in [0.29, 0.717) is 34.0 Å². The van der Waals surface area contributed by atoms with Gasteiger partial charge in [-0.3, -0.25) is 9.59 Å². The number of hydrogen-bond acceptors (Lipinski definition) is 5. The number of hydrazone groups is 1. The van der Waals surface area contributed by atoms with Crippen LogP contribution in [0.3, 0.4) is 0 Å². The van der Waals surface area contributed by atoms with Crippen molar-refractivity contribution in [2.75, 3.05) is 6.54 Å². The van der Waals surface area contributed by atoms with E-state index in [1.54, 1.807) is 32.0 Å². The fourth-order valence-electron chi connectivity index (χ4n) is 3.51. The van der Waals surface area contributed by atoms with Gasteiger partial charge in [0.25, 0.3) is 5.91 Å². The van der Waals surface area contributed by atoms with E-state index in [0.717, 1.165) is 11.1 Å². The lowest BCUT2D eigenvalue weighted by molar-refractivity contribution is -0.137. The highest BCUT2D eigenvalue weighted by Crippen LogP contribution is 2.43. The zero-order chi connectivity index (χ0) is 25.4. The number of nitrogens with one attached hydrogen (secondary N) is 1. The molecular formula is C26H30ClN3O4. The molecule has 0 atom stereocenters. The van der Waals surface area contributed by atoms with Crippen LogP contribution in [-0.4, -0.2) is 39.4 Å². The van der Waals surface area contributed by atoms with Crippen LogP contribution in [-0.2, 0) is 9.59 Å². The van der Waals surface area contributed by atoms with Crippen molar-refractivity contribution in [3.05, 3.63) is 70.4 Å². The number of aliphatic hydroxyl groups is 1. The van der Waals surface area contributed by atoms with Gasteiger partial charge in [-0.1, -0.05) is 68.8 Å². The predicted octanol–water partition coefficient (Wildman–Crippen LogP) is 5.92. The number of allylic oxidation sites excluding steroid dienone is 1. The smallest absolute Gasteiger partial charge is 0.322 e. The number of carbonyl (C=O) groups excluding carboxylic acids is 1. The number of benzene rings is 2. The molecule has 1 amide bonds. The number of halogens is 1. The van der Waals surface area contributed by atoms with Gasteiger partial charge in [-0.25, -0.2) is 5.01 Å². The van der Waals surface area contributed by atoms with Crippen molar-refractivity contribution in [2.45, 2.75) is 41.0 Å². The number of aliphatic hydroxyl groups excluding tert-OH is 1. The maximum Gasteiger partial charge on any atom is 0.322 e. The maximum absolute atomic E-state index is 12.9. The van der Waals surface area contributed by atoms with Crippen molar-refractivity contribution in [1.29, 1.82) is 0 Å². The Labute approximate surface area is 205 Å². The predicted molar refractivity (Wildman–Crippen MR) is 137 cm³/mol. The molecular weight excluding hydrogens is 454 g/mol. The number of nitrogens with zero attached hydrogens (tertiary/aromatic N) is 2. The van der Waals surface area contributed by atoms with Gasteiger partial charge in [0.05, 0.1) is 5.70 Å². The van der Waals surface area contributed by atoms with E-state index in [-0.39, 0.29) is 11.5 Å². The van der Waals surface area contributed by atoms with E-state index in [2.05, 4.69) is 10.4 Å². The normalized spacial score (nSPS) is 13.6. The molecule has 0 fully saturated rings. The molecule has 8 heteroatoms. The van der Waals surface area contributed by atoms with Gasteiger partial charge in [-0.15, -0.1) is 0 Å². The highest BCUT2D eigenvalue weighted by Gasteiger charge is 2.35. The van der Waals surface area contributed by atoms with Crippen LogP contribution in [0.1, 0.15) is 52.2 Å². The highest BCUT2D eigenvalue weighted by molar-refractivity contribution is 6.30. The number of fused-ring (bicyclic) bond motifs is 1. The Kier molecular flexibility index (Phi) is 9.45. The summed E-state index contributed by atoms with van der Waals surface area (Å²) in [4.78, 5) is 23.9. The lowest BCUT2D eigenvalue weighted by Gasteiger charge is -2.32. The van der Waals surface area contributed by atoms with Crippen LogP contribution in [0.15, 0.2) is 59.3 Å². The van der Waals surface area contributed by atoms with Gasteiger partial charge in [0.2, 0.25) is 0 Å². The molecule has 1 aliphatic heterocycles. The first-order chi connectivity index (χ1) is 16.2. The number of aliphatic carboxylic acids is 1. The molecule has 34 heavy (non-hydrogen) atoms. The largest absolute Gasteiger partial charge is 0.505 e. The quantitative estimate of drug-likeness (QED) is 0.442. The molecule has 3 rings (SSSR count). The van der Waals surface area contributed by atoms with Crippen LogP contribution in [0.4, 0.5) is 0 Å². The van der Waals surface area contributed by atoms with Gasteiger partial charge in [-0.2, -0.15) is 5.10 Å². The van der Waals surface area contributed by atoms with Crippen LogP contribution >= 0.6 is 11.6 Å². The second-order valence-electron chi connectivity index (χ2n) is 7.37. The molecule has 0 aromatic heterocycles. The zero-order valence-electron chi connectivity index (χ0n) is 20.0. The maximum atomic E-state index is 12.9. The van der Waals surface area contributed by atoms with E-state index in [1.807, 2.05) is 51.1 Å². The summed E-state index contributed by atoms with van der Waals surface area (Å²) in [6.45, 7) is 8.91. The number of carbonyl (C=O) groups is 2. The third-order valence-corrected chi connectivity index (χ3v) is 4.92. The van der Waals surface area contributed by atoms with Gasteiger partial charge in [-0.05, 0) is 43.5 Å². The average molecular weight is 484 g/mol. The SMILES string of the molecule is CC.CC/C=C1\c2c(cccc2-c2cccc(Cl)c2)C(O)=C(C(=O)NCC(=O)O)N1N=C(C)C. The number of hydrogen-bond donors (Lipinski definition) is 3. The number of carboxylic acid groups (broad SMARTS) is 1. The van der Waals surface area contributed by atoms with Gasteiger partial charge < -0.3 is 15.5 Å². The summed E-state index contributed by atoms with van der Waals surface area (Å²) in [5.41, 5.74) is 3.93. The summed E-state index contributed by atoms with van der Waals surface area (Å²) in [5.74, 6) is -2.22. The first kappa shape index (κ1) is 26.7. The number of rotatable bonds is 6. The van der Waals surface area contributed by atoms with Gasteiger partial charge in [0, 0.05) is 21.9 Å². The Morgan fingerprint density at radius 1 is 1.12 bits per heavy atom. The standard InChI is InChI=1S/C24H24ClN3O4.C2H6/c1-4-7-19-21-17(15-8-5-9-16(25)12-15)10-6-11-18(21)23(31)22(28(19)27-14(2)3)24(32)26-13-20(29)30;1-2/h5-12,31H,4,13H2,1-3H3,(H,26,32)(H,29,30);1-2H3/b19-7+;. The van der Waals surface area contributed by atoms with Crippen LogP contribution in [0.2, 0.25) is 5.02 Å². The molecule has 0 unspecified atom stereocenters. The Morgan fingerprint density at radius 2 is 1.76 bits per heavy atom. The molecule has 0 radical (unpaired) electrons. The van der Waals surface area contributed by atoms with Crippen molar-refractivity contribution < 1.29 is 19.8 Å². The first-order valence-corrected chi connectivity index (χ1v) is 11.5. The van der Waals surface area contributed by atoms with Crippen LogP contribution in [0.5, 0.6) is 0 Å².